The van der Waals surface area contributed by atoms with Gasteiger partial charge in [-0.3, -0.25) is 0 Å². The average molecular weight is 306 g/mol. The molecule has 2 atom stereocenters. The maximum absolute atomic E-state index is 9.63. The molecule has 116 valence electrons. The fourth-order valence-electron chi connectivity index (χ4n) is 3.06. The number of rotatable bonds is 2. The van der Waals surface area contributed by atoms with E-state index in [0.29, 0.717) is 0 Å². The Kier molecular flexibility index (Phi) is 3.62. The molecular formula is C20H18O3. The monoisotopic (exact) mass is 306 g/mol. The van der Waals surface area contributed by atoms with Crippen LogP contribution in [-0.2, 0) is 9.47 Å². The van der Waals surface area contributed by atoms with Gasteiger partial charge in [0.15, 0.2) is 0 Å². The third-order valence-corrected chi connectivity index (χ3v) is 4.20. The normalized spacial score (nSPS) is 26.0. The molecule has 3 nitrogen and oxygen atoms in total. The molecule has 1 aliphatic heterocycles. The second-order valence-electron chi connectivity index (χ2n) is 5.83. The van der Waals surface area contributed by atoms with Crippen LogP contribution in [0.5, 0.6) is 0 Å². The standard InChI is InChI=1S/C20H18O3/c21-17-11-13-20(14-12-17)22-18(15-7-3-1-4-8-15)19(23-20)16-9-5-2-6-10-16/h1-14,17-19,21H/t18-,19-/m1/s1. The van der Waals surface area contributed by atoms with Gasteiger partial charge in [0.2, 0.25) is 5.79 Å². The lowest BCUT2D eigenvalue weighted by atomic mass is 9.99. The molecule has 4 rings (SSSR count). The summed E-state index contributed by atoms with van der Waals surface area (Å²) in [7, 11) is 0. The van der Waals surface area contributed by atoms with Crippen LogP contribution in [0.1, 0.15) is 23.3 Å². The van der Waals surface area contributed by atoms with Crippen molar-refractivity contribution in [3.63, 3.8) is 0 Å². The number of hydrogen-bond donors (Lipinski definition) is 1. The second-order valence-corrected chi connectivity index (χ2v) is 5.83. The minimum absolute atomic E-state index is 0.205. The molecule has 1 saturated heterocycles. The SMILES string of the molecule is OC1C=CC2(C=C1)O[C@H](c1ccccc1)[C@@H](c1ccccc1)O2. The van der Waals surface area contributed by atoms with Gasteiger partial charge in [0.05, 0.1) is 6.10 Å². The molecule has 2 aromatic rings. The molecule has 0 radical (unpaired) electrons. The lowest BCUT2D eigenvalue weighted by Crippen LogP contribution is -2.28. The van der Waals surface area contributed by atoms with Crippen LogP contribution >= 0.6 is 0 Å². The summed E-state index contributed by atoms with van der Waals surface area (Å²) in [6.45, 7) is 0. The quantitative estimate of drug-likeness (QED) is 0.860. The van der Waals surface area contributed by atoms with Crippen LogP contribution in [0.4, 0.5) is 0 Å². The molecule has 1 aliphatic carbocycles. The van der Waals surface area contributed by atoms with Crippen LogP contribution in [0.2, 0.25) is 0 Å². The van der Waals surface area contributed by atoms with E-state index in [2.05, 4.69) is 0 Å². The molecule has 2 aliphatic rings. The molecule has 0 saturated carbocycles. The largest absolute Gasteiger partial charge is 0.385 e. The Hall–Kier alpha value is -2.20. The van der Waals surface area contributed by atoms with E-state index >= 15 is 0 Å². The van der Waals surface area contributed by atoms with Gasteiger partial charge in [0.1, 0.15) is 12.2 Å². The molecule has 0 aromatic heterocycles. The Morgan fingerprint density at radius 3 is 1.57 bits per heavy atom. The van der Waals surface area contributed by atoms with E-state index in [1.54, 1.807) is 24.3 Å². The molecule has 3 heteroatoms. The lowest BCUT2D eigenvalue weighted by molar-refractivity contribution is -0.101. The summed E-state index contributed by atoms with van der Waals surface area (Å²) in [5, 5.41) is 9.63. The van der Waals surface area contributed by atoms with Crippen molar-refractivity contribution in [3.05, 3.63) is 96.1 Å². The molecule has 0 unspecified atom stereocenters. The fraction of sp³-hybridized carbons (Fsp3) is 0.200. The van der Waals surface area contributed by atoms with E-state index in [1.165, 1.54) is 0 Å². The number of hydrogen-bond acceptors (Lipinski definition) is 3. The maximum Gasteiger partial charge on any atom is 0.209 e. The van der Waals surface area contributed by atoms with Gasteiger partial charge in [-0.25, -0.2) is 0 Å². The maximum atomic E-state index is 9.63. The van der Waals surface area contributed by atoms with E-state index in [9.17, 15) is 5.11 Å². The zero-order valence-electron chi connectivity index (χ0n) is 12.6. The average Bonchev–Trinajstić information content (AvgIpc) is 2.99. The zero-order valence-corrected chi connectivity index (χ0v) is 12.6. The summed E-state index contributed by atoms with van der Waals surface area (Å²) in [6, 6.07) is 20.2. The third-order valence-electron chi connectivity index (χ3n) is 4.20. The summed E-state index contributed by atoms with van der Waals surface area (Å²) in [5.41, 5.74) is 2.15. The van der Waals surface area contributed by atoms with Crippen LogP contribution in [0.3, 0.4) is 0 Å². The summed E-state index contributed by atoms with van der Waals surface area (Å²) < 4.78 is 12.6. The van der Waals surface area contributed by atoms with Gasteiger partial charge in [0.25, 0.3) is 0 Å². The van der Waals surface area contributed by atoms with E-state index < -0.39 is 11.9 Å². The van der Waals surface area contributed by atoms with Crippen LogP contribution in [0, 0.1) is 0 Å². The Bertz CT molecular complexity index is 658. The van der Waals surface area contributed by atoms with Gasteiger partial charge >= 0.3 is 0 Å². The van der Waals surface area contributed by atoms with Crippen LogP contribution < -0.4 is 0 Å². The predicted octanol–water partition coefficient (Wildman–Crippen LogP) is 3.70. The highest BCUT2D eigenvalue weighted by atomic mass is 16.8. The molecule has 2 aromatic carbocycles. The first-order valence-electron chi connectivity index (χ1n) is 7.78. The molecule has 1 heterocycles. The van der Waals surface area contributed by atoms with Crippen molar-refractivity contribution < 1.29 is 14.6 Å². The molecular weight excluding hydrogens is 288 g/mol. The highest BCUT2D eigenvalue weighted by Crippen LogP contribution is 2.48. The zero-order chi connectivity index (χ0) is 15.7. The van der Waals surface area contributed by atoms with Gasteiger partial charge in [-0.2, -0.15) is 0 Å². The summed E-state index contributed by atoms with van der Waals surface area (Å²) in [5.74, 6) is -0.916. The van der Waals surface area contributed by atoms with Gasteiger partial charge in [-0.15, -0.1) is 0 Å². The number of benzene rings is 2. The second kappa shape index (κ2) is 5.78. The molecule has 1 fully saturated rings. The molecule has 1 N–H and O–H groups in total. The molecule has 0 amide bonds. The predicted molar refractivity (Wildman–Crippen MR) is 87.6 cm³/mol. The Morgan fingerprint density at radius 2 is 1.13 bits per heavy atom. The van der Waals surface area contributed by atoms with Crippen molar-refractivity contribution in [2.24, 2.45) is 0 Å². The first kappa shape index (κ1) is 14.4. The van der Waals surface area contributed by atoms with Crippen LogP contribution in [-0.4, -0.2) is 17.0 Å². The van der Waals surface area contributed by atoms with Gasteiger partial charge in [0, 0.05) is 0 Å². The first-order chi connectivity index (χ1) is 11.3. The van der Waals surface area contributed by atoms with Crippen molar-refractivity contribution in [1.82, 2.24) is 0 Å². The van der Waals surface area contributed by atoms with E-state index in [-0.39, 0.29) is 12.2 Å². The van der Waals surface area contributed by atoms with Crippen molar-refractivity contribution in [2.45, 2.75) is 24.1 Å². The van der Waals surface area contributed by atoms with Crippen LogP contribution in [0.15, 0.2) is 85.0 Å². The Morgan fingerprint density at radius 1 is 0.696 bits per heavy atom. The number of aliphatic hydroxyl groups excluding tert-OH is 1. The lowest BCUT2D eigenvalue weighted by Gasteiger charge is -2.24. The van der Waals surface area contributed by atoms with Gasteiger partial charge in [-0.1, -0.05) is 72.8 Å². The van der Waals surface area contributed by atoms with Crippen molar-refractivity contribution in [3.8, 4) is 0 Å². The van der Waals surface area contributed by atoms with E-state index in [4.69, 9.17) is 9.47 Å². The topological polar surface area (TPSA) is 38.7 Å². The minimum atomic E-state index is -0.916. The number of ether oxygens (including phenoxy) is 2. The van der Waals surface area contributed by atoms with Gasteiger partial charge in [-0.05, 0) is 23.3 Å². The highest BCUT2D eigenvalue weighted by molar-refractivity contribution is 5.30. The summed E-state index contributed by atoms with van der Waals surface area (Å²) in [6.07, 6.45) is 5.96. The first-order valence-corrected chi connectivity index (χ1v) is 7.78. The Labute approximate surface area is 135 Å². The Balaban J connectivity index is 1.73. The van der Waals surface area contributed by atoms with Crippen LogP contribution in [0.25, 0.3) is 0 Å². The fourth-order valence-corrected chi connectivity index (χ4v) is 3.06. The minimum Gasteiger partial charge on any atom is -0.385 e. The van der Waals surface area contributed by atoms with Crippen molar-refractivity contribution >= 4 is 0 Å². The highest BCUT2D eigenvalue weighted by Gasteiger charge is 2.46. The summed E-state index contributed by atoms with van der Waals surface area (Å²) >= 11 is 0. The molecule has 1 spiro atoms. The molecule has 0 bridgehead atoms. The summed E-state index contributed by atoms with van der Waals surface area (Å²) in [4.78, 5) is 0. The number of aliphatic hydroxyl groups is 1. The van der Waals surface area contributed by atoms with Crippen molar-refractivity contribution in [1.29, 1.82) is 0 Å². The smallest absolute Gasteiger partial charge is 0.209 e. The third kappa shape index (κ3) is 2.75. The van der Waals surface area contributed by atoms with E-state index in [0.717, 1.165) is 11.1 Å². The van der Waals surface area contributed by atoms with Gasteiger partial charge < -0.3 is 14.6 Å². The van der Waals surface area contributed by atoms with Crippen molar-refractivity contribution in [2.75, 3.05) is 0 Å². The molecule has 23 heavy (non-hydrogen) atoms. The van der Waals surface area contributed by atoms with E-state index in [1.807, 2.05) is 60.7 Å².